The van der Waals surface area contributed by atoms with E-state index in [0.29, 0.717) is 16.9 Å². The average Bonchev–Trinajstić information content (AvgIpc) is 2.98. The largest absolute Gasteiger partial charge is 0.507 e. The van der Waals surface area contributed by atoms with Gasteiger partial charge in [0, 0.05) is 25.3 Å². The highest BCUT2D eigenvalue weighted by molar-refractivity contribution is 5.91. The molecule has 2 atom stereocenters. The molecule has 1 aliphatic rings. The normalized spacial score (nSPS) is 16.8. The lowest BCUT2D eigenvalue weighted by Crippen LogP contribution is -2.59. The Morgan fingerprint density at radius 1 is 1.23 bits per heavy atom. The average molecular weight is 600 g/mol. The molecular formula is C32H31F2N7O3. The van der Waals surface area contributed by atoms with Gasteiger partial charge in [0.15, 0.2) is 11.5 Å². The number of hydrogen-bond acceptors (Lipinski definition) is 8. The maximum Gasteiger partial charge on any atom is 0.355 e. The van der Waals surface area contributed by atoms with Gasteiger partial charge in [-0.2, -0.15) is 10.2 Å². The van der Waals surface area contributed by atoms with Crippen molar-refractivity contribution in [1.82, 2.24) is 24.4 Å². The first kappa shape index (κ1) is 30.3. The maximum atomic E-state index is 15.9. The van der Waals surface area contributed by atoms with Crippen LogP contribution in [0.4, 0.5) is 14.6 Å². The predicted octanol–water partition coefficient (Wildman–Crippen LogP) is 4.76. The lowest BCUT2D eigenvalue weighted by Gasteiger charge is -2.45. The van der Waals surface area contributed by atoms with Crippen LogP contribution in [0.3, 0.4) is 0 Å². The second kappa shape index (κ2) is 11.8. The van der Waals surface area contributed by atoms with Gasteiger partial charge in [-0.1, -0.05) is 26.5 Å². The minimum Gasteiger partial charge on any atom is -0.507 e. The topological polar surface area (TPSA) is 128 Å². The molecule has 0 bridgehead atoms. The molecule has 1 unspecified atom stereocenters. The minimum absolute atomic E-state index is 0.00768. The molecule has 5 rings (SSSR count). The molecule has 1 saturated heterocycles. The molecule has 0 spiro atoms. The lowest BCUT2D eigenvalue weighted by molar-refractivity contribution is -0.129. The number of carbonyl (C=O) groups excluding carboxylic acids is 1. The Morgan fingerprint density at radius 3 is 2.64 bits per heavy atom. The zero-order chi connectivity index (χ0) is 31.9. The molecule has 1 N–H and O–H groups in total. The maximum absolute atomic E-state index is 15.9. The van der Waals surface area contributed by atoms with Crippen LogP contribution >= 0.6 is 0 Å². The number of pyridine rings is 2. The predicted molar refractivity (Wildman–Crippen MR) is 162 cm³/mol. The summed E-state index contributed by atoms with van der Waals surface area (Å²) in [7, 11) is 0. The third-order valence-electron chi connectivity index (χ3n) is 7.85. The highest BCUT2D eigenvalue weighted by atomic mass is 19.1. The van der Waals surface area contributed by atoms with Crippen molar-refractivity contribution in [3.63, 3.8) is 0 Å². The Morgan fingerprint density at radius 2 is 1.98 bits per heavy atom. The summed E-state index contributed by atoms with van der Waals surface area (Å²) in [5, 5.41) is 20.1. The van der Waals surface area contributed by atoms with E-state index in [9.17, 15) is 24.3 Å². The fraction of sp³-hybridized carbons (Fsp3) is 0.312. The highest BCUT2D eigenvalue weighted by Gasteiger charge is 2.36. The summed E-state index contributed by atoms with van der Waals surface area (Å²) in [6.07, 6.45) is 2.82. The summed E-state index contributed by atoms with van der Waals surface area (Å²) in [6.45, 7) is 11.3. The fourth-order valence-electron chi connectivity index (χ4n) is 5.73. The van der Waals surface area contributed by atoms with Crippen molar-refractivity contribution < 1.29 is 18.7 Å². The molecule has 1 aromatic carbocycles. The van der Waals surface area contributed by atoms with E-state index >= 15 is 4.39 Å². The number of nitrogens with zero attached hydrogens (tertiary/aromatic N) is 7. The number of nitriles is 1. The molecule has 3 aromatic heterocycles. The number of aryl methyl sites for hydroxylation is 1. The van der Waals surface area contributed by atoms with Gasteiger partial charge in [0.05, 0.1) is 40.9 Å². The van der Waals surface area contributed by atoms with Crippen LogP contribution in [0.25, 0.3) is 28.0 Å². The number of amides is 1. The Bertz CT molecular complexity index is 1880. The number of piperazine rings is 1. The van der Waals surface area contributed by atoms with Crippen LogP contribution in [0.1, 0.15) is 44.4 Å². The Kier molecular flexibility index (Phi) is 8.15. The Balaban J connectivity index is 1.84. The first-order valence-corrected chi connectivity index (χ1v) is 14.1. The van der Waals surface area contributed by atoms with Gasteiger partial charge >= 0.3 is 5.69 Å². The van der Waals surface area contributed by atoms with Gasteiger partial charge in [-0.15, -0.1) is 0 Å². The minimum atomic E-state index is -0.945. The Hall–Kier alpha value is -5.18. The van der Waals surface area contributed by atoms with Gasteiger partial charge in [0.25, 0.3) is 0 Å². The number of halogens is 2. The summed E-state index contributed by atoms with van der Waals surface area (Å²) < 4.78 is 32.2. The number of phenolic OH excluding ortho intramolecular Hbond substituents is 1. The molecule has 10 nitrogen and oxygen atoms in total. The fourth-order valence-corrected chi connectivity index (χ4v) is 5.73. The van der Waals surface area contributed by atoms with Gasteiger partial charge < -0.3 is 14.9 Å². The molecule has 4 heterocycles. The van der Waals surface area contributed by atoms with E-state index in [1.54, 1.807) is 29.0 Å². The van der Waals surface area contributed by atoms with Crippen molar-refractivity contribution in [2.24, 2.45) is 0 Å². The van der Waals surface area contributed by atoms with Gasteiger partial charge in [-0.05, 0) is 55.7 Å². The number of rotatable bonds is 6. The third kappa shape index (κ3) is 5.15. The van der Waals surface area contributed by atoms with Crippen molar-refractivity contribution in [3.8, 4) is 28.8 Å². The smallest absolute Gasteiger partial charge is 0.355 e. The summed E-state index contributed by atoms with van der Waals surface area (Å²) in [4.78, 5) is 43.4. The van der Waals surface area contributed by atoms with E-state index in [-0.39, 0.29) is 48.2 Å². The molecule has 1 fully saturated rings. The summed E-state index contributed by atoms with van der Waals surface area (Å²) >= 11 is 0. The number of fused-ring (bicyclic) bond motifs is 1. The molecule has 4 aromatic rings. The molecule has 1 amide bonds. The van der Waals surface area contributed by atoms with Gasteiger partial charge in [0.2, 0.25) is 5.91 Å². The van der Waals surface area contributed by atoms with Gasteiger partial charge in [-0.25, -0.2) is 23.1 Å². The van der Waals surface area contributed by atoms with Crippen molar-refractivity contribution in [2.75, 3.05) is 18.0 Å². The number of anilines is 1. The van der Waals surface area contributed by atoms with E-state index in [1.807, 2.05) is 20.8 Å². The standard InChI is InChI=1S/C32H31F2N7O3/c1-6-25(43)40-15-19(5)39(16-20(40)10-12-35)30-21-14-23(34)28(26-22(33)8-7-9-24(26)42)37-31(21)41(32(44)38-30)29-18(4)11-13-36-27(29)17(2)3/h6-9,11,13-14,17,19-20,42H,1,10,15-16H2,2-5H3/t19-,20?/m0/s1. The third-order valence-corrected chi connectivity index (χ3v) is 7.85. The lowest BCUT2D eigenvalue weighted by atomic mass is 10.0. The summed E-state index contributed by atoms with van der Waals surface area (Å²) in [5.74, 6) is -2.71. The number of carbonyl (C=O) groups is 1. The zero-order valence-electron chi connectivity index (χ0n) is 24.8. The van der Waals surface area contributed by atoms with Crippen molar-refractivity contribution in [2.45, 2.75) is 52.1 Å². The van der Waals surface area contributed by atoms with Crippen molar-refractivity contribution in [1.29, 1.82) is 5.26 Å². The van der Waals surface area contributed by atoms with Crippen LogP contribution < -0.4 is 10.6 Å². The molecule has 12 heteroatoms. The molecule has 226 valence electrons. The monoisotopic (exact) mass is 599 g/mol. The summed E-state index contributed by atoms with van der Waals surface area (Å²) in [6, 6.07) is 7.58. The molecule has 0 radical (unpaired) electrons. The van der Waals surface area contributed by atoms with Crippen LogP contribution in [-0.2, 0) is 4.79 Å². The molecule has 44 heavy (non-hydrogen) atoms. The summed E-state index contributed by atoms with van der Waals surface area (Å²) in [5.41, 5.74) is -0.0210. The quantitative estimate of drug-likeness (QED) is 0.314. The van der Waals surface area contributed by atoms with E-state index < -0.39 is 46.4 Å². The van der Waals surface area contributed by atoms with Crippen molar-refractivity contribution in [3.05, 3.63) is 82.6 Å². The van der Waals surface area contributed by atoms with Gasteiger partial charge in [-0.3, -0.25) is 9.78 Å². The highest BCUT2D eigenvalue weighted by Crippen LogP contribution is 2.37. The number of aromatic hydroxyl groups is 1. The van der Waals surface area contributed by atoms with Crippen LogP contribution in [0.2, 0.25) is 0 Å². The first-order chi connectivity index (χ1) is 21.0. The number of benzene rings is 1. The molecule has 0 aliphatic carbocycles. The van der Waals surface area contributed by atoms with Gasteiger partial charge in [0.1, 0.15) is 23.1 Å². The molecular weight excluding hydrogens is 568 g/mol. The van der Waals surface area contributed by atoms with E-state index in [4.69, 9.17) is 0 Å². The number of phenols is 1. The molecule has 0 saturated carbocycles. The van der Waals surface area contributed by atoms with Crippen LogP contribution in [0.15, 0.2) is 54.0 Å². The molecule has 1 aliphatic heterocycles. The van der Waals surface area contributed by atoms with Crippen LogP contribution in [-0.4, -0.2) is 60.6 Å². The van der Waals surface area contributed by atoms with Crippen molar-refractivity contribution >= 4 is 22.8 Å². The van der Waals surface area contributed by atoms with Crippen LogP contribution in [0, 0.1) is 29.9 Å². The van der Waals surface area contributed by atoms with E-state index in [0.717, 1.165) is 12.1 Å². The second-order valence-corrected chi connectivity index (χ2v) is 11.1. The zero-order valence-corrected chi connectivity index (χ0v) is 24.8. The SMILES string of the molecule is C=CC(=O)N1C[C@H](C)N(c2nc(=O)n(-c3c(C)ccnc3C(C)C)c3nc(-c4c(O)cccc4F)c(F)cc23)CC1CC#N. The second-order valence-electron chi connectivity index (χ2n) is 11.1. The first-order valence-electron chi connectivity index (χ1n) is 14.1. The van der Waals surface area contributed by atoms with E-state index in [1.165, 1.54) is 22.8 Å². The van der Waals surface area contributed by atoms with E-state index in [2.05, 4.69) is 27.6 Å². The number of aromatic nitrogens is 4. The Labute approximate surface area is 252 Å². The number of hydrogen-bond donors (Lipinski definition) is 1. The van der Waals surface area contributed by atoms with Crippen LogP contribution in [0.5, 0.6) is 5.75 Å².